The Morgan fingerprint density at radius 3 is 2.39 bits per heavy atom. The number of hydrogen-bond donors (Lipinski definition) is 1. The molecule has 7 nitrogen and oxygen atoms in total. The van der Waals surface area contributed by atoms with Crippen LogP contribution in [0.25, 0.3) is 0 Å². The number of esters is 3. The quantitative estimate of drug-likeness (QED) is 0.368. The summed E-state index contributed by atoms with van der Waals surface area (Å²) in [6.45, 7) is 5.06. The minimum Gasteiger partial charge on any atom is -0.478 e. The van der Waals surface area contributed by atoms with Gasteiger partial charge in [-0.25, -0.2) is 19.2 Å². The molecule has 0 saturated heterocycles. The monoisotopic (exact) mass is 318 g/mol. The number of fused-ring (bicyclic) bond motifs is 1. The minimum atomic E-state index is -1.21. The van der Waals surface area contributed by atoms with Crippen molar-refractivity contribution in [3.63, 3.8) is 0 Å². The van der Waals surface area contributed by atoms with E-state index in [9.17, 15) is 24.3 Å². The van der Waals surface area contributed by atoms with E-state index in [-0.39, 0.29) is 35.3 Å². The van der Waals surface area contributed by atoms with E-state index in [1.165, 1.54) is 13.0 Å². The molecule has 0 aromatic heterocycles. The first kappa shape index (κ1) is 16.4. The van der Waals surface area contributed by atoms with Crippen LogP contribution in [0.15, 0.2) is 24.3 Å². The Morgan fingerprint density at radius 2 is 1.83 bits per heavy atom. The number of carboxylic acids is 1. The summed E-state index contributed by atoms with van der Waals surface area (Å²) < 4.78 is 9.38. The number of carbonyl (C=O) groups is 4. The molecule has 23 heavy (non-hydrogen) atoms. The van der Waals surface area contributed by atoms with Gasteiger partial charge in [-0.2, -0.15) is 0 Å². The molecule has 0 spiro atoms. The van der Waals surface area contributed by atoms with Gasteiger partial charge in [0.1, 0.15) is 0 Å². The number of hydrogen-bond acceptors (Lipinski definition) is 6. The summed E-state index contributed by atoms with van der Waals surface area (Å²) in [5.74, 6) is -3.38. The molecule has 1 aromatic carbocycles. The van der Waals surface area contributed by atoms with Gasteiger partial charge in [0, 0.05) is 5.57 Å². The van der Waals surface area contributed by atoms with Gasteiger partial charge in [0.05, 0.1) is 23.3 Å². The lowest BCUT2D eigenvalue weighted by atomic mass is 9.96. The lowest BCUT2D eigenvalue weighted by molar-refractivity contribution is -0.139. The average Bonchev–Trinajstić information content (AvgIpc) is 2.76. The Bertz CT molecular complexity index is 730. The standard InChI is InChI=1S/C16H14O7/c1-8(2)14(19)22-5-3-4-9-6-11-12(7-10(9)13(17)18)16(21)23-15(11)20/h6-7H,1,3-5H2,2H3,(H,17,18). The van der Waals surface area contributed by atoms with E-state index in [1.807, 2.05) is 0 Å². The van der Waals surface area contributed by atoms with E-state index in [0.29, 0.717) is 12.0 Å². The second-order valence-electron chi connectivity index (χ2n) is 5.06. The number of ether oxygens (including phenoxy) is 2. The first-order valence-corrected chi connectivity index (χ1v) is 6.80. The zero-order valence-corrected chi connectivity index (χ0v) is 12.4. The fourth-order valence-electron chi connectivity index (χ4n) is 2.13. The SMILES string of the molecule is C=C(C)C(=O)OCCCc1cc2c(cc1C(=O)O)C(=O)OC2=O. The third-order valence-corrected chi connectivity index (χ3v) is 3.27. The summed E-state index contributed by atoms with van der Waals surface area (Å²) in [5, 5.41) is 9.23. The third kappa shape index (κ3) is 3.45. The molecule has 1 aliphatic heterocycles. The zero-order valence-electron chi connectivity index (χ0n) is 12.4. The largest absolute Gasteiger partial charge is 0.478 e. The zero-order chi connectivity index (χ0) is 17.1. The first-order chi connectivity index (χ1) is 10.8. The Balaban J connectivity index is 2.15. The van der Waals surface area contributed by atoms with Crippen molar-refractivity contribution in [1.82, 2.24) is 0 Å². The molecular formula is C16H14O7. The minimum absolute atomic E-state index is 0.0499. The van der Waals surface area contributed by atoms with Gasteiger partial charge in [0.15, 0.2) is 0 Å². The first-order valence-electron chi connectivity index (χ1n) is 6.80. The van der Waals surface area contributed by atoms with Crippen molar-refractivity contribution in [3.05, 3.63) is 46.5 Å². The molecule has 0 aliphatic carbocycles. The van der Waals surface area contributed by atoms with E-state index >= 15 is 0 Å². The van der Waals surface area contributed by atoms with E-state index in [1.54, 1.807) is 0 Å². The molecule has 0 radical (unpaired) electrons. The normalized spacial score (nSPS) is 12.6. The van der Waals surface area contributed by atoms with Crippen molar-refractivity contribution in [2.24, 2.45) is 0 Å². The summed E-state index contributed by atoms with van der Waals surface area (Å²) in [4.78, 5) is 45.5. The van der Waals surface area contributed by atoms with Crippen LogP contribution in [-0.2, 0) is 20.7 Å². The highest BCUT2D eigenvalue weighted by atomic mass is 16.6. The van der Waals surface area contributed by atoms with Crippen molar-refractivity contribution in [2.75, 3.05) is 6.61 Å². The molecule has 1 N–H and O–H groups in total. The molecule has 0 unspecified atom stereocenters. The van der Waals surface area contributed by atoms with Crippen molar-refractivity contribution in [3.8, 4) is 0 Å². The molecule has 120 valence electrons. The second-order valence-corrected chi connectivity index (χ2v) is 5.06. The van der Waals surface area contributed by atoms with Gasteiger partial charge in [-0.3, -0.25) is 0 Å². The van der Waals surface area contributed by atoms with Gasteiger partial charge >= 0.3 is 23.9 Å². The highest BCUT2D eigenvalue weighted by Gasteiger charge is 2.31. The third-order valence-electron chi connectivity index (χ3n) is 3.27. The van der Waals surface area contributed by atoms with Gasteiger partial charge in [0.2, 0.25) is 0 Å². The number of aryl methyl sites for hydroxylation is 1. The fourth-order valence-corrected chi connectivity index (χ4v) is 2.13. The van der Waals surface area contributed by atoms with Crippen LogP contribution in [0.2, 0.25) is 0 Å². The lowest BCUT2D eigenvalue weighted by Crippen LogP contribution is -2.09. The Kier molecular flexibility index (Phi) is 4.59. The summed E-state index contributed by atoms with van der Waals surface area (Å²) in [6, 6.07) is 2.48. The average molecular weight is 318 g/mol. The number of carbonyl (C=O) groups excluding carboxylic acids is 3. The number of carboxylic acid groups (broad SMARTS) is 1. The molecular weight excluding hydrogens is 304 g/mol. The number of aromatic carboxylic acids is 1. The molecule has 7 heteroatoms. The lowest BCUT2D eigenvalue weighted by Gasteiger charge is -2.08. The fraction of sp³-hybridized carbons (Fsp3) is 0.250. The van der Waals surface area contributed by atoms with Crippen LogP contribution < -0.4 is 0 Å². The van der Waals surface area contributed by atoms with Crippen LogP contribution in [0, 0.1) is 0 Å². The van der Waals surface area contributed by atoms with Crippen LogP contribution in [0.1, 0.15) is 50.0 Å². The van der Waals surface area contributed by atoms with Crippen molar-refractivity contribution < 1.29 is 33.8 Å². The molecule has 0 amide bonds. The van der Waals surface area contributed by atoms with Crippen molar-refractivity contribution in [1.29, 1.82) is 0 Å². The van der Waals surface area contributed by atoms with Crippen LogP contribution >= 0.6 is 0 Å². The van der Waals surface area contributed by atoms with Crippen molar-refractivity contribution in [2.45, 2.75) is 19.8 Å². The molecule has 2 rings (SSSR count). The molecule has 1 aromatic rings. The predicted octanol–water partition coefficient (Wildman–Crippen LogP) is 1.75. The molecule has 0 bridgehead atoms. The summed E-state index contributed by atoms with van der Waals surface area (Å²) >= 11 is 0. The van der Waals surface area contributed by atoms with E-state index < -0.39 is 23.9 Å². The van der Waals surface area contributed by atoms with Crippen LogP contribution in [-0.4, -0.2) is 35.6 Å². The summed E-state index contributed by atoms with van der Waals surface area (Å²) in [7, 11) is 0. The molecule has 0 saturated carbocycles. The maximum Gasteiger partial charge on any atom is 0.346 e. The van der Waals surface area contributed by atoms with Gasteiger partial charge in [-0.1, -0.05) is 6.58 Å². The van der Waals surface area contributed by atoms with Crippen LogP contribution in [0.3, 0.4) is 0 Å². The highest BCUT2D eigenvalue weighted by Crippen LogP contribution is 2.25. The topological polar surface area (TPSA) is 107 Å². The number of rotatable bonds is 6. The summed E-state index contributed by atoms with van der Waals surface area (Å²) in [5.41, 5.74) is 0.560. The molecule has 1 heterocycles. The number of cyclic esters (lactones) is 2. The van der Waals surface area contributed by atoms with Crippen LogP contribution in [0.4, 0.5) is 0 Å². The maximum atomic E-state index is 11.5. The Morgan fingerprint density at radius 1 is 1.22 bits per heavy atom. The highest BCUT2D eigenvalue weighted by molar-refractivity contribution is 6.15. The second kappa shape index (κ2) is 6.43. The van der Waals surface area contributed by atoms with Gasteiger partial charge in [0.25, 0.3) is 0 Å². The Hall–Kier alpha value is -2.96. The van der Waals surface area contributed by atoms with E-state index in [0.717, 1.165) is 6.07 Å². The smallest absolute Gasteiger partial charge is 0.346 e. The number of benzene rings is 1. The van der Waals surface area contributed by atoms with E-state index in [4.69, 9.17) is 4.74 Å². The Labute approximate surface area is 131 Å². The van der Waals surface area contributed by atoms with Gasteiger partial charge in [-0.15, -0.1) is 0 Å². The summed E-state index contributed by atoms with van der Waals surface area (Å²) in [6.07, 6.45) is 0.626. The molecule has 1 aliphatic rings. The predicted molar refractivity (Wildman–Crippen MR) is 77.2 cm³/mol. The van der Waals surface area contributed by atoms with Gasteiger partial charge < -0.3 is 14.6 Å². The van der Waals surface area contributed by atoms with Crippen LogP contribution in [0.5, 0.6) is 0 Å². The van der Waals surface area contributed by atoms with Gasteiger partial charge in [-0.05, 0) is 37.5 Å². The van der Waals surface area contributed by atoms with Crippen molar-refractivity contribution >= 4 is 23.9 Å². The molecule has 0 fully saturated rings. The molecule has 0 atom stereocenters. The maximum absolute atomic E-state index is 11.5. The van der Waals surface area contributed by atoms with E-state index in [2.05, 4.69) is 11.3 Å².